The van der Waals surface area contributed by atoms with Crippen LogP contribution in [0, 0.1) is 40.9 Å². The number of nitrogens with two attached hydrogens (primary N) is 1. The average molecular weight is 514 g/mol. The maximum atomic E-state index is 12.1. The van der Waals surface area contributed by atoms with Gasteiger partial charge in [-0.1, -0.05) is 30.5 Å². The first kappa shape index (κ1) is 27.2. The van der Waals surface area contributed by atoms with Crippen LogP contribution in [-0.4, -0.2) is 52.0 Å². The maximum Gasteiger partial charge on any atom is 0.326 e. The van der Waals surface area contributed by atoms with E-state index < -0.39 is 36.0 Å². The summed E-state index contributed by atoms with van der Waals surface area (Å²) in [5.74, 6) is 1.80. The van der Waals surface area contributed by atoms with Gasteiger partial charge in [0.2, 0.25) is 5.91 Å². The van der Waals surface area contributed by atoms with Gasteiger partial charge in [0.25, 0.3) is 5.91 Å². The number of carboxylic acid groups (broad SMARTS) is 1. The average Bonchev–Trinajstić information content (AvgIpc) is 3.12. The van der Waals surface area contributed by atoms with Crippen molar-refractivity contribution in [2.45, 2.75) is 89.7 Å². The molecule has 202 valence electrons. The lowest BCUT2D eigenvalue weighted by Crippen LogP contribution is -2.54. The largest absolute Gasteiger partial charge is 0.480 e. The second-order valence-corrected chi connectivity index (χ2v) is 11.8. The van der Waals surface area contributed by atoms with Crippen LogP contribution in [-0.2, 0) is 19.2 Å². The number of fused-ring (bicyclic) bond motifs is 5. The van der Waals surface area contributed by atoms with E-state index in [-0.39, 0.29) is 23.7 Å². The van der Waals surface area contributed by atoms with Crippen LogP contribution in [0.15, 0.2) is 16.8 Å². The Hall–Kier alpha value is -2.86. The Labute approximate surface area is 218 Å². The molecule has 2 amide bonds. The first-order chi connectivity index (χ1) is 17.4. The number of hydrogen-bond donors (Lipinski definition) is 4. The van der Waals surface area contributed by atoms with Crippen molar-refractivity contribution in [3.63, 3.8) is 0 Å². The molecule has 0 aliphatic heterocycles. The zero-order chi connectivity index (χ0) is 27.0. The maximum absolute atomic E-state index is 12.1. The van der Waals surface area contributed by atoms with Gasteiger partial charge in [-0.2, -0.15) is 0 Å². The molecule has 9 heteroatoms. The van der Waals surface area contributed by atoms with E-state index in [2.05, 4.69) is 36.3 Å². The lowest BCUT2D eigenvalue weighted by molar-refractivity contribution is -0.142. The molecule has 3 saturated carbocycles. The molecule has 7 atom stereocenters. The minimum absolute atomic E-state index is 0.0760. The summed E-state index contributed by atoms with van der Waals surface area (Å²) in [7, 11) is 0. The van der Waals surface area contributed by atoms with E-state index in [1.807, 2.05) is 0 Å². The zero-order valence-corrected chi connectivity index (χ0v) is 21.8. The fraction of sp³-hybridized carbons (Fsp3) is 0.714. The van der Waals surface area contributed by atoms with Gasteiger partial charge < -0.3 is 26.1 Å². The van der Waals surface area contributed by atoms with Gasteiger partial charge >= 0.3 is 5.97 Å². The number of carbonyl (C=O) groups is 3. The van der Waals surface area contributed by atoms with Crippen molar-refractivity contribution >= 4 is 23.5 Å². The molecule has 4 aliphatic carbocycles. The number of carbonyl (C=O) groups excluding carboxylic acids is 2. The molecule has 37 heavy (non-hydrogen) atoms. The number of hydrogen-bond acceptors (Lipinski definition) is 6. The molecular formula is C28H39N3O6. The summed E-state index contributed by atoms with van der Waals surface area (Å²) in [5, 5.41) is 26.9. The molecule has 0 spiro atoms. The number of allylic oxidation sites excluding steroid dienone is 2. The third-order valence-corrected chi connectivity index (χ3v) is 10.1. The van der Waals surface area contributed by atoms with E-state index in [1.54, 1.807) is 0 Å². The summed E-state index contributed by atoms with van der Waals surface area (Å²) in [6, 6.07) is -1.21. The molecule has 0 radical (unpaired) electrons. The minimum atomic E-state index is -1.24. The highest BCUT2D eigenvalue weighted by Gasteiger charge is 2.63. The summed E-state index contributed by atoms with van der Waals surface area (Å²) in [6.07, 6.45) is 15.1. The van der Waals surface area contributed by atoms with Crippen LogP contribution in [0.3, 0.4) is 0 Å². The second kappa shape index (κ2) is 10.1. The van der Waals surface area contributed by atoms with Crippen LogP contribution < -0.4 is 11.1 Å². The molecule has 0 aromatic rings. The summed E-state index contributed by atoms with van der Waals surface area (Å²) >= 11 is 0. The Morgan fingerprint density at radius 1 is 1.22 bits per heavy atom. The molecule has 0 bridgehead atoms. The van der Waals surface area contributed by atoms with Crippen LogP contribution in [0.2, 0.25) is 0 Å². The molecule has 4 rings (SSSR count). The molecular weight excluding hydrogens is 474 g/mol. The van der Waals surface area contributed by atoms with Crippen molar-refractivity contribution < 1.29 is 29.4 Å². The zero-order valence-electron chi connectivity index (χ0n) is 21.8. The van der Waals surface area contributed by atoms with Crippen LogP contribution in [0.5, 0.6) is 0 Å². The Morgan fingerprint density at radius 3 is 2.62 bits per heavy atom. The van der Waals surface area contributed by atoms with E-state index >= 15 is 0 Å². The first-order valence-corrected chi connectivity index (χ1v) is 13.3. The molecule has 5 N–H and O–H groups in total. The number of primary amides is 1. The van der Waals surface area contributed by atoms with Crippen molar-refractivity contribution in [2.24, 2.45) is 39.5 Å². The van der Waals surface area contributed by atoms with Gasteiger partial charge in [-0.3, -0.25) is 9.59 Å². The van der Waals surface area contributed by atoms with E-state index in [4.69, 9.17) is 17.0 Å². The van der Waals surface area contributed by atoms with Gasteiger partial charge in [-0.05, 0) is 87.0 Å². The van der Waals surface area contributed by atoms with Crippen molar-refractivity contribution in [2.75, 3.05) is 6.61 Å². The van der Waals surface area contributed by atoms with Gasteiger partial charge in [-0.15, -0.1) is 6.42 Å². The smallest absolute Gasteiger partial charge is 0.326 e. The number of amides is 2. The van der Waals surface area contributed by atoms with Crippen LogP contribution in [0.25, 0.3) is 0 Å². The lowest BCUT2D eigenvalue weighted by Gasteiger charge is -2.58. The normalized spacial score (nSPS) is 38.3. The van der Waals surface area contributed by atoms with Gasteiger partial charge in [0.1, 0.15) is 11.6 Å². The summed E-state index contributed by atoms with van der Waals surface area (Å²) in [6.45, 7) is 4.15. The second-order valence-electron chi connectivity index (χ2n) is 11.8. The quantitative estimate of drug-likeness (QED) is 0.289. The standard InChI is InChI=1S/C28H39N3O6/c1-4-28(36)14-11-21-19-6-5-17-15-18(9-12-26(17,2)20(19)10-13-27(21,28)3)31-37-16-24(33)30-22(25(34)35)7-8-23(29)32/h1,15,19-22,36H,5-14,16H2,2-3H3,(H2,29,32)(H,30,33)(H,34,35)/b31-18+/t19-,20+,21-,22+,26+,27+,28-/m1/s1. The minimum Gasteiger partial charge on any atom is -0.480 e. The SMILES string of the molecule is C#C[C@@]1(O)CC[C@@H]2[C@@H]3CCC4=C/C(=N/OCC(=O)N[C@@H](CCC(N)=O)C(=O)O)CC[C@]4(C)[C@H]3CC[C@@]21C. The van der Waals surface area contributed by atoms with E-state index in [9.17, 15) is 24.6 Å². The Balaban J connectivity index is 1.37. The van der Waals surface area contributed by atoms with Gasteiger partial charge in [-0.25, -0.2) is 4.79 Å². The molecule has 4 aliphatic rings. The highest BCUT2D eigenvalue weighted by molar-refractivity contribution is 5.96. The molecule has 3 fully saturated rings. The number of oxime groups is 1. The van der Waals surface area contributed by atoms with Gasteiger partial charge in [0.15, 0.2) is 6.61 Å². The number of aliphatic carboxylic acids is 1. The summed E-state index contributed by atoms with van der Waals surface area (Å²) < 4.78 is 0. The lowest BCUT2D eigenvalue weighted by atomic mass is 9.46. The van der Waals surface area contributed by atoms with E-state index in [1.165, 1.54) is 5.57 Å². The molecule has 0 unspecified atom stereocenters. The van der Waals surface area contributed by atoms with Crippen LogP contribution in [0.1, 0.15) is 78.1 Å². The van der Waals surface area contributed by atoms with E-state index in [0.29, 0.717) is 24.2 Å². The fourth-order valence-corrected chi connectivity index (χ4v) is 7.85. The van der Waals surface area contributed by atoms with Crippen molar-refractivity contribution in [1.29, 1.82) is 0 Å². The molecule has 0 aromatic heterocycles. The van der Waals surface area contributed by atoms with Gasteiger partial charge in [0, 0.05) is 11.8 Å². The number of nitrogens with zero attached hydrogens (tertiary/aromatic N) is 1. The van der Waals surface area contributed by atoms with E-state index in [0.717, 1.165) is 50.7 Å². The number of nitrogens with one attached hydrogen (secondary N) is 1. The Morgan fingerprint density at radius 2 is 1.95 bits per heavy atom. The Bertz CT molecular complexity index is 1060. The number of rotatable bonds is 8. The summed E-state index contributed by atoms with van der Waals surface area (Å²) in [4.78, 5) is 39.6. The van der Waals surface area contributed by atoms with Crippen molar-refractivity contribution in [3.05, 3.63) is 11.6 Å². The molecule has 0 saturated heterocycles. The van der Waals surface area contributed by atoms with Crippen molar-refractivity contribution in [3.8, 4) is 12.3 Å². The first-order valence-electron chi connectivity index (χ1n) is 13.3. The topological polar surface area (TPSA) is 151 Å². The number of aliphatic hydroxyl groups is 1. The number of carboxylic acids is 1. The highest BCUT2D eigenvalue weighted by atomic mass is 16.6. The van der Waals surface area contributed by atoms with Crippen LogP contribution in [0.4, 0.5) is 0 Å². The fourth-order valence-electron chi connectivity index (χ4n) is 7.85. The third kappa shape index (κ3) is 4.88. The van der Waals surface area contributed by atoms with Crippen LogP contribution >= 0.6 is 0 Å². The predicted molar refractivity (Wildman–Crippen MR) is 137 cm³/mol. The molecule has 9 nitrogen and oxygen atoms in total. The Kier molecular flexibility index (Phi) is 7.44. The molecule has 0 heterocycles. The highest BCUT2D eigenvalue weighted by Crippen LogP contribution is 2.67. The third-order valence-electron chi connectivity index (χ3n) is 10.1. The van der Waals surface area contributed by atoms with Crippen molar-refractivity contribution in [1.82, 2.24) is 5.32 Å². The predicted octanol–water partition coefficient (Wildman–Crippen LogP) is 2.52. The van der Waals surface area contributed by atoms with Gasteiger partial charge in [0.05, 0.1) is 5.71 Å². The molecule has 0 aromatic carbocycles. The monoisotopic (exact) mass is 513 g/mol. The summed E-state index contributed by atoms with van der Waals surface area (Å²) in [5.41, 5.74) is 6.08. The number of terminal acetylenes is 1.